The fourth-order valence-electron chi connectivity index (χ4n) is 2.75. The van der Waals surface area contributed by atoms with Crippen molar-refractivity contribution < 1.29 is 9.59 Å². The Balaban J connectivity index is 1.70. The van der Waals surface area contributed by atoms with E-state index in [0.29, 0.717) is 25.2 Å². The van der Waals surface area contributed by atoms with E-state index in [2.05, 4.69) is 15.5 Å². The van der Waals surface area contributed by atoms with Crippen LogP contribution in [0.1, 0.15) is 23.7 Å². The molecule has 3 rings (SSSR count). The molecule has 2 heterocycles. The summed E-state index contributed by atoms with van der Waals surface area (Å²) in [4.78, 5) is 27.5. The van der Waals surface area contributed by atoms with E-state index in [0.717, 1.165) is 5.56 Å². The van der Waals surface area contributed by atoms with E-state index in [4.69, 9.17) is 0 Å². The second kappa shape index (κ2) is 6.82. The predicted molar refractivity (Wildman–Crippen MR) is 88.0 cm³/mol. The molecular weight excluding hydrogens is 306 g/mol. The van der Waals surface area contributed by atoms with Crippen molar-refractivity contribution in [1.29, 1.82) is 0 Å². The maximum atomic E-state index is 12.7. The van der Waals surface area contributed by atoms with Gasteiger partial charge in [0.05, 0.1) is 25.2 Å². The summed E-state index contributed by atoms with van der Waals surface area (Å²) in [7, 11) is 0. The lowest BCUT2D eigenvalue weighted by Gasteiger charge is -2.31. The number of nitrogens with zero attached hydrogens (tertiary/aromatic N) is 4. The molecule has 1 N–H and O–H groups in total. The van der Waals surface area contributed by atoms with Crippen LogP contribution in [-0.2, 0) is 24.3 Å². The van der Waals surface area contributed by atoms with Crippen molar-refractivity contribution in [2.45, 2.75) is 33.4 Å². The van der Waals surface area contributed by atoms with Crippen molar-refractivity contribution in [1.82, 2.24) is 25.2 Å². The zero-order valence-corrected chi connectivity index (χ0v) is 13.9. The Labute approximate surface area is 140 Å². The number of carbonyl (C=O) groups is 2. The first-order chi connectivity index (χ1) is 11.6. The molecule has 3 amide bonds. The van der Waals surface area contributed by atoms with Gasteiger partial charge in [0.15, 0.2) is 0 Å². The average molecular weight is 327 g/mol. The molecule has 7 heteroatoms. The second-order valence-electron chi connectivity index (χ2n) is 6.02. The smallest absolute Gasteiger partial charge is 0.324 e. The summed E-state index contributed by atoms with van der Waals surface area (Å²) >= 11 is 0. The Kier molecular flexibility index (Phi) is 4.59. The van der Waals surface area contributed by atoms with Crippen LogP contribution in [0.5, 0.6) is 0 Å². The molecule has 0 spiro atoms. The van der Waals surface area contributed by atoms with E-state index in [1.54, 1.807) is 6.20 Å². The Morgan fingerprint density at radius 2 is 2.00 bits per heavy atom. The van der Waals surface area contributed by atoms with Crippen molar-refractivity contribution in [3.05, 3.63) is 47.3 Å². The average Bonchev–Trinajstić information content (AvgIpc) is 3.04. The lowest BCUT2D eigenvalue weighted by molar-refractivity contribution is -0.134. The number of imide groups is 1. The van der Waals surface area contributed by atoms with Crippen molar-refractivity contribution in [2.75, 3.05) is 6.54 Å². The summed E-state index contributed by atoms with van der Waals surface area (Å²) in [6, 6.07) is 7.74. The summed E-state index contributed by atoms with van der Waals surface area (Å²) in [5.41, 5.74) is 2.88. The molecule has 1 aromatic carbocycles. The van der Waals surface area contributed by atoms with Crippen molar-refractivity contribution >= 4 is 11.9 Å². The Morgan fingerprint density at radius 1 is 1.25 bits per heavy atom. The summed E-state index contributed by atoms with van der Waals surface area (Å²) in [5.74, 6) is -0.419. The molecule has 0 bridgehead atoms. The van der Waals surface area contributed by atoms with Crippen LogP contribution < -0.4 is 5.32 Å². The Bertz CT molecular complexity index is 738. The third-order valence-corrected chi connectivity index (χ3v) is 4.15. The minimum absolute atomic E-state index is 0.148. The first kappa shape index (κ1) is 16.2. The summed E-state index contributed by atoms with van der Waals surface area (Å²) < 4.78 is 0. The summed E-state index contributed by atoms with van der Waals surface area (Å²) in [6.07, 6.45) is 2.20. The van der Waals surface area contributed by atoms with Gasteiger partial charge in [-0.25, -0.2) is 4.79 Å². The van der Waals surface area contributed by atoms with Gasteiger partial charge in [0.25, 0.3) is 0 Å². The number of aryl methyl sites for hydroxylation is 2. The highest BCUT2D eigenvalue weighted by molar-refractivity contribution is 5.98. The van der Waals surface area contributed by atoms with Crippen LogP contribution in [0.2, 0.25) is 0 Å². The predicted octanol–water partition coefficient (Wildman–Crippen LogP) is 1.52. The molecule has 1 aliphatic rings. The first-order valence-electron chi connectivity index (χ1n) is 8.10. The Morgan fingerprint density at radius 3 is 2.67 bits per heavy atom. The Hall–Kier alpha value is -2.70. The number of benzene rings is 1. The first-order valence-corrected chi connectivity index (χ1v) is 8.10. The van der Waals surface area contributed by atoms with Crippen molar-refractivity contribution in [3.63, 3.8) is 0 Å². The van der Waals surface area contributed by atoms with Gasteiger partial charge < -0.3 is 5.32 Å². The van der Waals surface area contributed by atoms with Gasteiger partial charge in [-0.05, 0) is 25.8 Å². The van der Waals surface area contributed by atoms with Gasteiger partial charge in [0, 0.05) is 6.54 Å². The molecule has 1 saturated heterocycles. The largest absolute Gasteiger partial charge is 0.337 e. The van der Waals surface area contributed by atoms with Crippen LogP contribution in [-0.4, -0.2) is 38.4 Å². The van der Waals surface area contributed by atoms with Crippen LogP contribution in [0.3, 0.4) is 0 Å². The SMILES string of the molecule is CCn1ncc(CN2C(=O)NCC(Cc3ccc(C)cc3)C2=O)n1. The molecule has 1 aliphatic heterocycles. The molecule has 1 atom stereocenters. The highest BCUT2D eigenvalue weighted by atomic mass is 16.2. The maximum Gasteiger partial charge on any atom is 0.324 e. The van der Waals surface area contributed by atoms with E-state index >= 15 is 0 Å². The number of carbonyl (C=O) groups excluding carboxylic acids is 2. The zero-order valence-electron chi connectivity index (χ0n) is 13.9. The number of rotatable bonds is 5. The minimum atomic E-state index is -0.369. The van der Waals surface area contributed by atoms with E-state index < -0.39 is 0 Å². The topological polar surface area (TPSA) is 80.1 Å². The molecule has 1 fully saturated rings. The van der Waals surface area contributed by atoms with Crippen LogP contribution in [0, 0.1) is 12.8 Å². The molecule has 2 aromatic rings. The number of hydrogen-bond acceptors (Lipinski definition) is 4. The quantitative estimate of drug-likeness (QED) is 0.903. The van der Waals surface area contributed by atoms with Gasteiger partial charge in [0.1, 0.15) is 5.69 Å². The molecule has 0 saturated carbocycles. The highest BCUT2D eigenvalue weighted by Gasteiger charge is 2.34. The van der Waals surface area contributed by atoms with Gasteiger partial charge in [-0.3, -0.25) is 9.69 Å². The van der Waals surface area contributed by atoms with Crippen LogP contribution in [0.15, 0.2) is 30.5 Å². The van der Waals surface area contributed by atoms with E-state index in [9.17, 15) is 9.59 Å². The molecular formula is C17H21N5O2. The van der Waals surface area contributed by atoms with Gasteiger partial charge in [0.2, 0.25) is 5.91 Å². The monoisotopic (exact) mass is 327 g/mol. The molecule has 0 aliphatic carbocycles. The molecule has 0 radical (unpaired) electrons. The number of aromatic nitrogens is 3. The number of hydrogen-bond donors (Lipinski definition) is 1. The fraction of sp³-hybridized carbons (Fsp3) is 0.412. The van der Waals surface area contributed by atoms with E-state index in [-0.39, 0.29) is 24.4 Å². The van der Waals surface area contributed by atoms with Gasteiger partial charge in [-0.15, -0.1) is 0 Å². The molecule has 126 valence electrons. The summed E-state index contributed by atoms with van der Waals surface area (Å²) in [5, 5.41) is 11.1. The maximum absolute atomic E-state index is 12.7. The third-order valence-electron chi connectivity index (χ3n) is 4.15. The standard InChI is InChI=1S/C17H21N5O2/c1-3-22-19-10-15(20-22)11-21-16(23)14(9-18-17(21)24)8-13-6-4-12(2)5-7-13/h4-7,10,14H,3,8-9,11H2,1-2H3,(H,18,24). The number of nitrogens with one attached hydrogen (secondary N) is 1. The molecule has 7 nitrogen and oxygen atoms in total. The zero-order chi connectivity index (χ0) is 17.1. The lowest BCUT2D eigenvalue weighted by atomic mass is 9.96. The van der Waals surface area contributed by atoms with E-state index in [1.807, 2.05) is 38.1 Å². The van der Waals surface area contributed by atoms with Crippen LogP contribution in [0.4, 0.5) is 4.79 Å². The van der Waals surface area contributed by atoms with Crippen molar-refractivity contribution in [3.8, 4) is 0 Å². The normalized spacial score (nSPS) is 17.9. The molecule has 24 heavy (non-hydrogen) atoms. The summed E-state index contributed by atoms with van der Waals surface area (Å²) in [6.45, 7) is 5.12. The van der Waals surface area contributed by atoms with Gasteiger partial charge in [-0.2, -0.15) is 15.0 Å². The fourth-order valence-corrected chi connectivity index (χ4v) is 2.75. The molecule has 1 aromatic heterocycles. The highest BCUT2D eigenvalue weighted by Crippen LogP contribution is 2.17. The van der Waals surface area contributed by atoms with Gasteiger partial charge in [-0.1, -0.05) is 29.8 Å². The van der Waals surface area contributed by atoms with Crippen LogP contribution >= 0.6 is 0 Å². The number of amides is 3. The van der Waals surface area contributed by atoms with E-state index in [1.165, 1.54) is 15.3 Å². The molecule has 1 unspecified atom stereocenters. The second-order valence-corrected chi connectivity index (χ2v) is 6.02. The van der Waals surface area contributed by atoms with Crippen molar-refractivity contribution in [2.24, 2.45) is 5.92 Å². The number of urea groups is 1. The van der Waals surface area contributed by atoms with Crippen LogP contribution in [0.25, 0.3) is 0 Å². The lowest BCUT2D eigenvalue weighted by Crippen LogP contribution is -2.54. The third kappa shape index (κ3) is 3.45. The van der Waals surface area contributed by atoms with Gasteiger partial charge >= 0.3 is 6.03 Å². The minimum Gasteiger partial charge on any atom is -0.337 e.